The first-order valence-electron chi connectivity index (χ1n) is 4.36. The zero-order valence-electron chi connectivity index (χ0n) is 8.50. The Morgan fingerprint density at radius 1 is 1.43 bits per heavy atom. The molecule has 0 radical (unpaired) electrons. The summed E-state index contributed by atoms with van der Waals surface area (Å²) in [5, 5.41) is 0. The van der Waals surface area contributed by atoms with Gasteiger partial charge in [-0.25, -0.2) is 0 Å². The van der Waals surface area contributed by atoms with Gasteiger partial charge < -0.3 is 4.74 Å². The van der Waals surface area contributed by atoms with Gasteiger partial charge in [0.1, 0.15) is 5.75 Å². The Balaban J connectivity index is 2.92. The highest BCUT2D eigenvalue weighted by Gasteiger charge is 2.19. The number of hydrogen-bond donors (Lipinski definition) is 0. The maximum absolute atomic E-state index is 10.7. The molecule has 76 valence electrons. The van der Waals surface area contributed by atoms with E-state index in [0.717, 1.165) is 16.3 Å². The van der Waals surface area contributed by atoms with E-state index in [2.05, 4.69) is 15.9 Å². The van der Waals surface area contributed by atoms with Gasteiger partial charge in [0.15, 0.2) is 11.9 Å². The molecule has 0 amide bonds. The maximum Gasteiger partial charge on any atom is 0.162 e. The molecule has 0 aromatic heterocycles. The minimum Gasteiger partial charge on any atom is -0.479 e. The first-order chi connectivity index (χ1) is 6.44. The molecule has 0 bridgehead atoms. The predicted octanol–water partition coefficient (Wildman–Crippen LogP) is 3.11. The fourth-order valence-electron chi connectivity index (χ4n) is 0.996. The van der Waals surface area contributed by atoms with Gasteiger partial charge in [-0.3, -0.25) is 4.79 Å². The van der Waals surface area contributed by atoms with Crippen LogP contribution < -0.4 is 4.74 Å². The Morgan fingerprint density at radius 3 is 2.57 bits per heavy atom. The fourth-order valence-corrected chi connectivity index (χ4v) is 1.57. The summed E-state index contributed by atoms with van der Waals surface area (Å²) in [4.78, 5) is 10.7. The fraction of sp³-hybridized carbons (Fsp3) is 0.364. The highest BCUT2D eigenvalue weighted by Crippen LogP contribution is 2.28. The van der Waals surface area contributed by atoms with Crippen LogP contribution in [0.4, 0.5) is 0 Å². The standard InChI is InChI=1S/C11H13BrO2/c1-8-4-5-10(9(12)6-8)14-11(2,3)7-13/h4-7H,1-3H3. The molecular formula is C11H13BrO2. The van der Waals surface area contributed by atoms with Crippen molar-refractivity contribution in [2.45, 2.75) is 26.4 Å². The van der Waals surface area contributed by atoms with Gasteiger partial charge in [-0.2, -0.15) is 0 Å². The van der Waals surface area contributed by atoms with Crippen molar-refractivity contribution in [3.05, 3.63) is 28.2 Å². The van der Waals surface area contributed by atoms with Crippen molar-refractivity contribution in [1.29, 1.82) is 0 Å². The summed E-state index contributed by atoms with van der Waals surface area (Å²) in [5.41, 5.74) is 0.366. The van der Waals surface area contributed by atoms with E-state index in [1.54, 1.807) is 13.8 Å². The van der Waals surface area contributed by atoms with E-state index >= 15 is 0 Å². The lowest BCUT2D eigenvalue weighted by atomic mass is 10.1. The van der Waals surface area contributed by atoms with Crippen LogP contribution in [0.1, 0.15) is 19.4 Å². The van der Waals surface area contributed by atoms with E-state index in [1.165, 1.54) is 0 Å². The second-order valence-corrected chi connectivity index (χ2v) is 4.61. The molecule has 0 saturated carbocycles. The summed E-state index contributed by atoms with van der Waals surface area (Å²) in [5.74, 6) is 0.688. The Kier molecular flexibility index (Phi) is 3.32. The average molecular weight is 257 g/mol. The first kappa shape index (κ1) is 11.2. The van der Waals surface area contributed by atoms with Gasteiger partial charge in [-0.1, -0.05) is 6.07 Å². The average Bonchev–Trinajstić information content (AvgIpc) is 2.10. The van der Waals surface area contributed by atoms with Crippen LogP contribution in [0, 0.1) is 6.92 Å². The summed E-state index contributed by atoms with van der Waals surface area (Å²) in [6.07, 6.45) is 0.791. The molecule has 0 fully saturated rings. The summed E-state index contributed by atoms with van der Waals surface area (Å²) in [6, 6.07) is 5.75. The monoisotopic (exact) mass is 256 g/mol. The Hall–Kier alpha value is -0.830. The molecule has 0 atom stereocenters. The molecule has 0 unspecified atom stereocenters. The van der Waals surface area contributed by atoms with Gasteiger partial charge in [0.25, 0.3) is 0 Å². The maximum atomic E-state index is 10.7. The zero-order valence-corrected chi connectivity index (χ0v) is 10.1. The van der Waals surface area contributed by atoms with Gasteiger partial charge in [-0.05, 0) is 54.4 Å². The van der Waals surface area contributed by atoms with Crippen molar-refractivity contribution in [3.63, 3.8) is 0 Å². The SMILES string of the molecule is Cc1ccc(OC(C)(C)C=O)c(Br)c1. The topological polar surface area (TPSA) is 26.3 Å². The van der Waals surface area contributed by atoms with Crippen molar-refractivity contribution in [2.24, 2.45) is 0 Å². The first-order valence-corrected chi connectivity index (χ1v) is 5.15. The zero-order chi connectivity index (χ0) is 10.8. The van der Waals surface area contributed by atoms with Crippen molar-refractivity contribution in [3.8, 4) is 5.75 Å². The van der Waals surface area contributed by atoms with Crippen LogP contribution in [-0.2, 0) is 4.79 Å². The molecule has 0 aliphatic carbocycles. The van der Waals surface area contributed by atoms with Crippen LogP contribution in [-0.4, -0.2) is 11.9 Å². The molecule has 1 aromatic carbocycles. The molecule has 1 aromatic rings. The van der Waals surface area contributed by atoms with E-state index in [4.69, 9.17) is 4.74 Å². The van der Waals surface area contributed by atoms with E-state index in [-0.39, 0.29) is 0 Å². The lowest BCUT2D eigenvalue weighted by Gasteiger charge is -2.20. The lowest BCUT2D eigenvalue weighted by Crippen LogP contribution is -2.29. The Bertz CT molecular complexity index is 345. The second kappa shape index (κ2) is 4.13. The quantitative estimate of drug-likeness (QED) is 0.777. The van der Waals surface area contributed by atoms with E-state index in [0.29, 0.717) is 5.75 Å². The molecule has 0 heterocycles. The highest BCUT2D eigenvalue weighted by molar-refractivity contribution is 9.10. The Morgan fingerprint density at radius 2 is 2.07 bits per heavy atom. The van der Waals surface area contributed by atoms with Crippen molar-refractivity contribution in [2.75, 3.05) is 0 Å². The number of halogens is 1. The van der Waals surface area contributed by atoms with Crippen LogP contribution >= 0.6 is 15.9 Å². The third-order valence-electron chi connectivity index (χ3n) is 1.74. The van der Waals surface area contributed by atoms with Crippen LogP contribution in [0.3, 0.4) is 0 Å². The summed E-state index contributed by atoms with van der Waals surface area (Å²) < 4.78 is 6.39. The molecule has 0 spiro atoms. The number of carbonyl (C=O) groups excluding carboxylic acids is 1. The number of hydrogen-bond acceptors (Lipinski definition) is 2. The van der Waals surface area contributed by atoms with Gasteiger partial charge in [0, 0.05) is 0 Å². The minimum absolute atomic E-state index is 0.688. The van der Waals surface area contributed by atoms with E-state index < -0.39 is 5.60 Å². The normalized spacial score (nSPS) is 11.1. The van der Waals surface area contributed by atoms with E-state index in [1.807, 2.05) is 25.1 Å². The highest BCUT2D eigenvalue weighted by atomic mass is 79.9. The van der Waals surface area contributed by atoms with Gasteiger partial charge in [0.05, 0.1) is 4.47 Å². The number of benzene rings is 1. The molecule has 0 aliphatic heterocycles. The number of carbonyl (C=O) groups is 1. The molecule has 2 nitrogen and oxygen atoms in total. The van der Waals surface area contributed by atoms with Crippen LogP contribution in [0.2, 0.25) is 0 Å². The van der Waals surface area contributed by atoms with Crippen LogP contribution in [0.15, 0.2) is 22.7 Å². The molecule has 0 N–H and O–H groups in total. The number of ether oxygens (including phenoxy) is 1. The van der Waals surface area contributed by atoms with Crippen LogP contribution in [0.25, 0.3) is 0 Å². The third-order valence-corrected chi connectivity index (χ3v) is 2.36. The van der Waals surface area contributed by atoms with Crippen molar-refractivity contribution < 1.29 is 9.53 Å². The third kappa shape index (κ3) is 2.84. The molecule has 14 heavy (non-hydrogen) atoms. The predicted molar refractivity (Wildman–Crippen MR) is 59.7 cm³/mol. The molecule has 0 saturated heterocycles. The Labute approximate surface area is 92.4 Å². The smallest absolute Gasteiger partial charge is 0.162 e. The summed E-state index contributed by atoms with van der Waals surface area (Å²) in [7, 11) is 0. The second-order valence-electron chi connectivity index (χ2n) is 3.76. The molecule has 0 aliphatic rings. The number of rotatable bonds is 3. The van der Waals surface area contributed by atoms with Crippen molar-refractivity contribution in [1.82, 2.24) is 0 Å². The summed E-state index contributed by atoms with van der Waals surface area (Å²) in [6.45, 7) is 5.46. The lowest BCUT2D eigenvalue weighted by molar-refractivity contribution is -0.119. The molecule has 1 rings (SSSR count). The molecular weight excluding hydrogens is 244 g/mol. The van der Waals surface area contributed by atoms with Crippen LogP contribution in [0.5, 0.6) is 5.75 Å². The largest absolute Gasteiger partial charge is 0.479 e. The van der Waals surface area contributed by atoms with E-state index in [9.17, 15) is 4.79 Å². The summed E-state index contributed by atoms with van der Waals surface area (Å²) >= 11 is 3.39. The number of aryl methyl sites for hydroxylation is 1. The number of aldehydes is 1. The minimum atomic E-state index is -0.780. The van der Waals surface area contributed by atoms with Gasteiger partial charge in [-0.15, -0.1) is 0 Å². The van der Waals surface area contributed by atoms with Gasteiger partial charge in [0.2, 0.25) is 0 Å². The van der Waals surface area contributed by atoms with Gasteiger partial charge >= 0.3 is 0 Å². The van der Waals surface area contributed by atoms with Crippen molar-refractivity contribution >= 4 is 22.2 Å². The molecule has 3 heteroatoms.